The predicted octanol–water partition coefficient (Wildman–Crippen LogP) is 1.74. The van der Waals surface area contributed by atoms with E-state index in [1.807, 2.05) is 19.9 Å². The third-order valence-electron chi connectivity index (χ3n) is 3.85. The minimum Gasteiger partial charge on any atom is -0.352 e. The first-order chi connectivity index (χ1) is 11.7. The fourth-order valence-electron chi connectivity index (χ4n) is 2.01. The molecule has 0 fully saturated rings. The van der Waals surface area contributed by atoms with Gasteiger partial charge in [0.1, 0.15) is 6.04 Å². The van der Waals surface area contributed by atoms with E-state index in [0.717, 1.165) is 6.42 Å². The van der Waals surface area contributed by atoms with Crippen molar-refractivity contribution in [2.24, 2.45) is 0 Å². The van der Waals surface area contributed by atoms with Gasteiger partial charge in [0, 0.05) is 25.8 Å². The molecule has 4 amide bonds. The van der Waals surface area contributed by atoms with Crippen LogP contribution in [0.15, 0.2) is 24.3 Å². The number of nitrogens with one attached hydrogen (secondary N) is 3. The van der Waals surface area contributed by atoms with E-state index in [0.29, 0.717) is 11.3 Å². The Bertz CT molecular complexity index is 616. The van der Waals surface area contributed by atoms with Crippen molar-refractivity contribution >= 4 is 23.5 Å². The first-order valence-corrected chi connectivity index (χ1v) is 8.40. The number of hydrogen-bond acceptors (Lipinski definition) is 3. The highest BCUT2D eigenvalue weighted by atomic mass is 16.2. The molecule has 0 saturated heterocycles. The molecule has 7 nitrogen and oxygen atoms in total. The summed E-state index contributed by atoms with van der Waals surface area (Å²) in [7, 11) is 3.37. The smallest absolute Gasteiger partial charge is 0.319 e. The Balaban J connectivity index is 2.68. The standard InChI is InChI=1S/C18H28N4O3/c1-6-12(2)19-17(24)13(3)20-18(25)21-15-10-8-7-9-14(15)11-16(23)22(4)5/h7-10,12-13H,6,11H2,1-5H3,(H,19,24)(H2,20,21,25)/t12-,13-/m0/s1. The maximum atomic E-state index is 12.2. The first kappa shape index (κ1) is 20.5. The second kappa shape index (κ2) is 9.66. The topological polar surface area (TPSA) is 90.5 Å². The van der Waals surface area contributed by atoms with Crippen LogP contribution < -0.4 is 16.0 Å². The molecule has 0 bridgehead atoms. The van der Waals surface area contributed by atoms with Crippen LogP contribution in [0.5, 0.6) is 0 Å². The van der Waals surface area contributed by atoms with Crippen LogP contribution in [0.3, 0.4) is 0 Å². The zero-order valence-corrected chi connectivity index (χ0v) is 15.6. The van der Waals surface area contributed by atoms with Gasteiger partial charge in [0.15, 0.2) is 0 Å². The highest BCUT2D eigenvalue weighted by Crippen LogP contribution is 2.16. The van der Waals surface area contributed by atoms with E-state index in [4.69, 9.17) is 0 Å². The van der Waals surface area contributed by atoms with Gasteiger partial charge in [-0.1, -0.05) is 25.1 Å². The number of carbonyl (C=O) groups excluding carboxylic acids is 3. The molecule has 1 aromatic carbocycles. The second-order valence-corrected chi connectivity index (χ2v) is 6.26. The lowest BCUT2D eigenvalue weighted by atomic mass is 10.1. The number of likely N-dealkylation sites (N-methyl/N-ethyl adjacent to an activating group) is 1. The van der Waals surface area contributed by atoms with Crippen LogP contribution in [0.4, 0.5) is 10.5 Å². The van der Waals surface area contributed by atoms with E-state index in [2.05, 4.69) is 16.0 Å². The van der Waals surface area contributed by atoms with Gasteiger partial charge >= 0.3 is 6.03 Å². The lowest BCUT2D eigenvalue weighted by molar-refractivity contribution is -0.128. The summed E-state index contributed by atoms with van der Waals surface area (Å²) in [5.74, 6) is -0.295. The monoisotopic (exact) mass is 348 g/mol. The Hall–Kier alpha value is -2.57. The van der Waals surface area contributed by atoms with E-state index in [9.17, 15) is 14.4 Å². The van der Waals surface area contributed by atoms with Crippen LogP contribution in [0.2, 0.25) is 0 Å². The van der Waals surface area contributed by atoms with Gasteiger partial charge < -0.3 is 20.9 Å². The maximum absolute atomic E-state index is 12.2. The third kappa shape index (κ3) is 6.82. The fourth-order valence-corrected chi connectivity index (χ4v) is 2.01. The van der Waals surface area contributed by atoms with E-state index in [1.54, 1.807) is 39.2 Å². The average molecular weight is 348 g/mol. The van der Waals surface area contributed by atoms with Gasteiger partial charge in [0.05, 0.1) is 6.42 Å². The SMILES string of the molecule is CC[C@H](C)NC(=O)[C@H](C)NC(=O)Nc1ccccc1CC(=O)N(C)C. The Morgan fingerprint density at radius 1 is 1.08 bits per heavy atom. The fraction of sp³-hybridized carbons (Fsp3) is 0.500. The summed E-state index contributed by atoms with van der Waals surface area (Å²) < 4.78 is 0. The van der Waals surface area contributed by atoms with Crippen molar-refractivity contribution in [3.8, 4) is 0 Å². The summed E-state index contributed by atoms with van der Waals surface area (Å²) in [5, 5.41) is 8.13. The molecule has 0 unspecified atom stereocenters. The molecule has 0 aromatic heterocycles. The van der Waals surface area contributed by atoms with Crippen LogP contribution in [-0.2, 0) is 16.0 Å². The summed E-state index contributed by atoms with van der Waals surface area (Å²) in [6, 6.07) is 6.00. The predicted molar refractivity (Wildman–Crippen MR) is 98.4 cm³/mol. The molecule has 0 aliphatic heterocycles. The van der Waals surface area contributed by atoms with Crippen molar-refractivity contribution in [2.45, 2.75) is 45.7 Å². The Kier molecular flexibility index (Phi) is 7.91. The minimum absolute atomic E-state index is 0.0533. The molecule has 1 rings (SSSR count). The Morgan fingerprint density at radius 2 is 1.72 bits per heavy atom. The molecule has 0 aliphatic rings. The van der Waals surface area contributed by atoms with E-state index < -0.39 is 12.1 Å². The number of hydrogen-bond donors (Lipinski definition) is 3. The van der Waals surface area contributed by atoms with Crippen LogP contribution in [0.1, 0.15) is 32.8 Å². The molecule has 7 heteroatoms. The molecule has 25 heavy (non-hydrogen) atoms. The third-order valence-corrected chi connectivity index (χ3v) is 3.85. The van der Waals surface area contributed by atoms with E-state index in [1.165, 1.54) is 4.90 Å². The van der Waals surface area contributed by atoms with Crippen molar-refractivity contribution in [2.75, 3.05) is 19.4 Å². The van der Waals surface area contributed by atoms with Crippen LogP contribution in [-0.4, -0.2) is 48.9 Å². The average Bonchev–Trinajstić information content (AvgIpc) is 2.55. The molecular weight excluding hydrogens is 320 g/mol. The van der Waals surface area contributed by atoms with Gasteiger partial charge in [-0.05, 0) is 31.9 Å². The highest BCUT2D eigenvalue weighted by molar-refractivity contribution is 5.94. The van der Waals surface area contributed by atoms with Gasteiger partial charge in [-0.2, -0.15) is 0 Å². The van der Waals surface area contributed by atoms with E-state index >= 15 is 0 Å². The van der Waals surface area contributed by atoms with Gasteiger partial charge in [-0.15, -0.1) is 0 Å². The number of rotatable bonds is 7. The second-order valence-electron chi connectivity index (χ2n) is 6.26. The van der Waals surface area contributed by atoms with Gasteiger partial charge in [-0.25, -0.2) is 4.79 Å². The lowest BCUT2D eigenvalue weighted by Gasteiger charge is -2.18. The molecule has 0 heterocycles. The van der Waals surface area contributed by atoms with Crippen LogP contribution in [0.25, 0.3) is 0 Å². The quantitative estimate of drug-likeness (QED) is 0.701. The van der Waals surface area contributed by atoms with Crippen LogP contribution >= 0.6 is 0 Å². The molecule has 1 aromatic rings. The summed E-state index contributed by atoms with van der Waals surface area (Å²) in [5.41, 5.74) is 1.26. The molecule has 2 atom stereocenters. The van der Waals surface area contributed by atoms with Gasteiger partial charge in [0.25, 0.3) is 0 Å². The molecule has 0 aliphatic carbocycles. The van der Waals surface area contributed by atoms with Gasteiger partial charge in [0.2, 0.25) is 11.8 Å². The number of para-hydroxylation sites is 1. The number of urea groups is 1. The number of anilines is 1. The van der Waals surface area contributed by atoms with Crippen molar-refractivity contribution in [3.05, 3.63) is 29.8 Å². The molecule has 0 spiro atoms. The van der Waals surface area contributed by atoms with E-state index in [-0.39, 0.29) is 24.3 Å². The van der Waals surface area contributed by atoms with Gasteiger partial charge in [-0.3, -0.25) is 9.59 Å². The summed E-state index contributed by atoms with van der Waals surface area (Å²) in [4.78, 5) is 37.5. The normalized spacial score (nSPS) is 12.7. The van der Waals surface area contributed by atoms with Crippen molar-refractivity contribution < 1.29 is 14.4 Å². The summed E-state index contributed by atoms with van der Waals surface area (Å²) >= 11 is 0. The molecule has 3 N–H and O–H groups in total. The summed E-state index contributed by atoms with van der Waals surface area (Å²) in [6.45, 7) is 5.50. The Morgan fingerprint density at radius 3 is 2.32 bits per heavy atom. The number of carbonyl (C=O) groups is 3. The molecule has 138 valence electrons. The van der Waals surface area contributed by atoms with Crippen LogP contribution in [0, 0.1) is 0 Å². The number of benzene rings is 1. The van der Waals surface area contributed by atoms with Crippen molar-refractivity contribution in [1.82, 2.24) is 15.5 Å². The van der Waals surface area contributed by atoms with Crippen molar-refractivity contribution in [3.63, 3.8) is 0 Å². The maximum Gasteiger partial charge on any atom is 0.319 e. The highest BCUT2D eigenvalue weighted by Gasteiger charge is 2.18. The first-order valence-electron chi connectivity index (χ1n) is 8.40. The largest absolute Gasteiger partial charge is 0.352 e. The zero-order valence-electron chi connectivity index (χ0n) is 15.6. The minimum atomic E-state index is -0.662. The lowest BCUT2D eigenvalue weighted by Crippen LogP contribution is -2.48. The molecule has 0 radical (unpaired) electrons. The number of amides is 4. The zero-order chi connectivity index (χ0) is 19.0. The number of nitrogens with zero attached hydrogens (tertiary/aromatic N) is 1. The van der Waals surface area contributed by atoms with Crippen molar-refractivity contribution in [1.29, 1.82) is 0 Å². The summed E-state index contributed by atoms with van der Waals surface area (Å²) in [6.07, 6.45) is 1.01. The molecule has 0 saturated carbocycles. The Labute approximate surface area is 149 Å². The molecular formula is C18H28N4O3.